The lowest BCUT2D eigenvalue weighted by molar-refractivity contribution is 0.0706. The number of rotatable bonds is 10. The monoisotopic (exact) mass is 385 g/mol. The van der Waals surface area contributed by atoms with Crippen LogP contribution in [0, 0.1) is 0 Å². The summed E-state index contributed by atoms with van der Waals surface area (Å²) in [4.78, 5) is 27.5. The summed E-state index contributed by atoms with van der Waals surface area (Å²) in [6.45, 7) is 2.78. The summed E-state index contributed by atoms with van der Waals surface area (Å²) in [7, 11) is 0. The molecule has 1 aromatic heterocycles. The van der Waals surface area contributed by atoms with Gasteiger partial charge in [-0.15, -0.1) is 0 Å². The van der Waals surface area contributed by atoms with Crippen LogP contribution in [0.1, 0.15) is 55.8 Å². The molecule has 2 amide bonds. The molecule has 0 aliphatic carbocycles. The molecule has 7 heteroatoms. The molecule has 2 rings (SSSR count). The minimum absolute atomic E-state index is 0.225. The van der Waals surface area contributed by atoms with E-state index in [-0.39, 0.29) is 5.56 Å². The number of hydrogen-bond donors (Lipinski definition) is 3. The van der Waals surface area contributed by atoms with Gasteiger partial charge in [-0.3, -0.25) is 15.0 Å². The smallest absolute Gasteiger partial charge is 0.410 e. The molecule has 0 atom stereocenters. The number of pyridine rings is 1. The van der Waals surface area contributed by atoms with Gasteiger partial charge >= 0.3 is 6.09 Å². The molecular formula is C21H27N3O4. The van der Waals surface area contributed by atoms with E-state index in [2.05, 4.69) is 17.2 Å². The standard InChI is InChI=1S/C21H27N3O4/c1-2-3-4-5-6-7-11-23-21(26)28-19-10-8-9-16(13-19)17-12-18(15-22-14-17)20(25)24-27/h8-10,12-15,27H,2-7,11H2,1H3,(H,23,26)(H,24,25). The summed E-state index contributed by atoms with van der Waals surface area (Å²) < 4.78 is 5.33. The second-order valence-electron chi connectivity index (χ2n) is 6.52. The predicted molar refractivity (Wildman–Crippen MR) is 106 cm³/mol. The molecule has 7 nitrogen and oxygen atoms in total. The molecule has 0 fully saturated rings. The largest absolute Gasteiger partial charge is 0.412 e. The molecule has 0 spiro atoms. The van der Waals surface area contributed by atoms with Crippen molar-refractivity contribution in [2.75, 3.05) is 6.54 Å². The van der Waals surface area contributed by atoms with Crippen molar-refractivity contribution in [3.8, 4) is 16.9 Å². The van der Waals surface area contributed by atoms with E-state index in [4.69, 9.17) is 9.94 Å². The first-order chi connectivity index (χ1) is 13.6. The third-order valence-electron chi connectivity index (χ3n) is 4.28. The predicted octanol–water partition coefficient (Wildman–Crippen LogP) is 4.32. The van der Waals surface area contributed by atoms with E-state index in [1.54, 1.807) is 35.9 Å². The first kappa shape index (κ1) is 21.4. The van der Waals surface area contributed by atoms with Crippen LogP contribution in [0.5, 0.6) is 5.75 Å². The second-order valence-corrected chi connectivity index (χ2v) is 6.52. The van der Waals surface area contributed by atoms with Crippen molar-refractivity contribution in [1.29, 1.82) is 0 Å². The van der Waals surface area contributed by atoms with Crippen LogP contribution < -0.4 is 15.5 Å². The first-order valence-corrected chi connectivity index (χ1v) is 9.59. The van der Waals surface area contributed by atoms with E-state index >= 15 is 0 Å². The fraction of sp³-hybridized carbons (Fsp3) is 0.381. The van der Waals surface area contributed by atoms with Gasteiger partial charge in [-0.2, -0.15) is 0 Å². The molecule has 3 N–H and O–H groups in total. The minimum atomic E-state index is -0.643. The Hall–Kier alpha value is -2.93. The van der Waals surface area contributed by atoms with Crippen LogP contribution in [-0.4, -0.2) is 28.7 Å². The maximum atomic E-state index is 12.0. The van der Waals surface area contributed by atoms with Crippen LogP contribution >= 0.6 is 0 Å². The Kier molecular flexibility index (Phi) is 8.94. The molecular weight excluding hydrogens is 358 g/mol. The SMILES string of the molecule is CCCCCCCCNC(=O)Oc1cccc(-c2cncc(C(=O)NO)c2)c1. The van der Waals surface area contributed by atoms with Crippen molar-refractivity contribution in [2.45, 2.75) is 45.4 Å². The van der Waals surface area contributed by atoms with Gasteiger partial charge in [-0.05, 0) is 30.2 Å². The Bertz CT molecular complexity index is 780. The van der Waals surface area contributed by atoms with Gasteiger partial charge in [0.25, 0.3) is 5.91 Å². The van der Waals surface area contributed by atoms with E-state index < -0.39 is 12.0 Å². The van der Waals surface area contributed by atoms with Gasteiger partial charge in [0.05, 0.1) is 5.56 Å². The lowest BCUT2D eigenvalue weighted by atomic mass is 10.1. The zero-order chi connectivity index (χ0) is 20.2. The molecule has 28 heavy (non-hydrogen) atoms. The van der Waals surface area contributed by atoms with Crippen LogP contribution in [0.15, 0.2) is 42.7 Å². The Balaban J connectivity index is 1.87. The van der Waals surface area contributed by atoms with E-state index in [9.17, 15) is 9.59 Å². The molecule has 0 radical (unpaired) electrons. The molecule has 150 valence electrons. The fourth-order valence-electron chi connectivity index (χ4n) is 2.76. The number of ether oxygens (including phenoxy) is 1. The van der Waals surface area contributed by atoms with Gasteiger partial charge in [-0.25, -0.2) is 10.3 Å². The highest BCUT2D eigenvalue weighted by molar-refractivity contribution is 5.94. The van der Waals surface area contributed by atoms with Gasteiger partial charge in [0.2, 0.25) is 0 Å². The van der Waals surface area contributed by atoms with Crippen molar-refractivity contribution >= 4 is 12.0 Å². The van der Waals surface area contributed by atoms with Crippen LogP contribution in [0.4, 0.5) is 4.79 Å². The normalized spacial score (nSPS) is 10.4. The van der Waals surface area contributed by atoms with Crippen LogP contribution in [0.25, 0.3) is 11.1 Å². The van der Waals surface area contributed by atoms with E-state index in [1.165, 1.54) is 31.9 Å². The third kappa shape index (κ3) is 7.00. The van der Waals surface area contributed by atoms with Crippen molar-refractivity contribution in [3.05, 3.63) is 48.3 Å². The number of nitrogens with one attached hydrogen (secondary N) is 2. The summed E-state index contributed by atoms with van der Waals surface area (Å²) in [6, 6.07) is 8.55. The van der Waals surface area contributed by atoms with E-state index in [0.29, 0.717) is 17.9 Å². The van der Waals surface area contributed by atoms with Crippen molar-refractivity contribution in [3.63, 3.8) is 0 Å². The Morgan fingerprint density at radius 3 is 2.61 bits per heavy atom. The molecule has 0 saturated carbocycles. The van der Waals surface area contributed by atoms with Crippen LogP contribution in [0.2, 0.25) is 0 Å². The van der Waals surface area contributed by atoms with E-state index in [1.807, 2.05) is 6.07 Å². The first-order valence-electron chi connectivity index (χ1n) is 9.59. The maximum absolute atomic E-state index is 12.0. The quantitative estimate of drug-likeness (QED) is 0.321. The van der Waals surface area contributed by atoms with Gasteiger partial charge in [-0.1, -0.05) is 51.2 Å². The molecule has 0 unspecified atom stereocenters. The molecule has 2 aromatic rings. The van der Waals surface area contributed by atoms with E-state index in [0.717, 1.165) is 18.4 Å². The third-order valence-corrected chi connectivity index (χ3v) is 4.28. The number of hydrogen-bond acceptors (Lipinski definition) is 5. The topological polar surface area (TPSA) is 101 Å². The zero-order valence-electron chi connectivity index (χ0n) is 16.1. The van der Waals surface area contributed by atoms with Gasteiger partial charge < -0.3 is 10.1 Å². The summed E-state index contributed by atoms with van der Waals surface area (Å²) >= 11 is 0. The second kappa shape index (κ2) is 11.7. The Labute approximate surface area is 165 Å². The van der Waals surface area contributed by atoms with Crippen molar-refractivity contribution < 1.29 is 19.5 Å². The molecule has 0 saturated heterocycles. The lowest BCUT2D eigenvalue weighted by Crippen LogP contribution is -2.27. The lowest BCUT2D eigenvalue weighted by Gasteiger charge is -2.09. The highest BCUT2D eigenvalue weighted by Gasteiger charge is 2.09. The van der Waals surface area contributed by atoms with Crippen LogP contribution in [-0.2, 0) is 0 Å². The fourth-order valence-corrected chi connectivity index (χ4v) is 2.76. The number of nitrogens with zero attached hydrogens (tertiary/aromatic N) is 1. The summed E-state index contributed by atoms with van der Waals surface area (Å²) in [5, 5.41) is 11.5. The summed E-state index contributed by atoms with van der Waals surface area (Å²) in [6.07, 6.45) is 9.39. The number of aromatic nitrogens is 1. The highest BCUT2D eigenvalue weighted by Crippen LogP contribution is 2.24. The molecule has 1 aromatic carbocycles. The Morgan fingerprint density at radius 1 is 1.04 bits per heavy atom. The molecule has 0 bridgehead atoms. The summed E-state index contributed by atoms with van der Waals surface area (Å²) in [5.41, 5.74) is 3.21. The van der Waals surface area contributed by atoms with Gasteiger partial charge in [0, 0.05) is 24.5 Å². The van der Waals surface area contributed by atoms with Gasteiger partial charge in [0.15, 0.2) is 0 Å². The maximum Gasteiger partial charge on any atom is 0.412 e. The number of carbonyl (C=O) groups excluding carboxylic acids is 2. The number of amides is 2. The highest BCUT2D eigenvalue weighted by atomic mass is 16.6. The van der Waals surface area contributed by atoms with Crippen molar-refractivity contribution in [1.82, 2.24) is 15.8 Å². The molecule has 1 heterocycles. The molecule has 0 aliphatic rings. The summed E-state index contributed by atoms with van der Waals surface area (Å²) in [5.74, 6) is -0.245. The zero-order valence-corrected chi connectivity index (χ0v) is 16.1. The molecule has 0 aliphatic heterocycles. The average Bonchev–Trinajstić information content (AvgIpc) is 2.72. The Morgan fingerprint density at radius 2 is 1.82 bits per heavy atom. The van der Waals surface area contributed by atoms with Crippen LogP contribution in [0.3, 0.4) is 0 Å². The number of hydroxylamine groups is 1. The average molecular weight is 385 g/mol. The van der Waals surface area contributed by atoms with Gasteiger partial charge in [0.1, 0.15) is 5.75 Å². The number of unbranched alkanes of at least 4 members (excludes halogenated alkanes) is 5. The minimum Gasteiger partial charge on any atom is -0.410 e. The number of carbonyl (C=O) groups is 2. The number of benzene rings is 1. The van der Waals surface area contributed by atoms with Crippen molar-refractivity contribution in [2.24, 2.45) is 0 Å².